The highest BCUT2D eigenvalue weighted by atomic mass is 15.3. The van der Waals surface area contributed by atoms with Crippen LogP contribution in [0.1, 0.15) is 17.8 Å². The van der Waals surface area contributed by atoms with E-state index in [0.717, 1.165) is 51.4 Å². The molecular formula is C23H17N7. The summed E-state index contributed by atoms with van der Waals surface area (Å²) in [5.41, 5.74) is 11.3. The molecule has 7 heteroatoms. The molecule has 1 atom stereocenters. The van der Waals surface area contributed by atoms with Crippen molar-refractivity contribution in [2.45, 2.75) is 6.42 Å². The van der Waals surface area contributed by atoms with Crippen LogP contribution in [0.2, 0.25) is 0 Å². The zero-order chi connectivity index (χ0) is 19.9. The van der Waals surface area contributed by atoms with E-state index >= 15 is 0 Å². The Hall–Kier alpha value is -4.13. The predicted octanol–water partition coefficient (Wildman–Crippen LogP) is 3.71. The van der Waals surface area contributed by atoms with E-state index in [1.165, 1.54) is 5.57 Å². The van der Waals surface area contributed by atoms with Gasteiger partial charge in [-0.3, -0.25) is 20.4 Å². The molecule has 0 aromatic carbocycles. The molecule has 2 N–H and O–H groups in total. The van der Waals surface area contributed by atoms with E-state index < -0.39 is 0 Å². The number of fused-ring (bicyclic) bond motifs is 2. The van der Waals surface area contributed by atoms with Crippen LogP contribution in [0.3, 0.4) is 0 Å². The summed E-state index contributed by atoms with van der Waals surface area (Å²) in [6.07, 6.45) is 16.0. The first-order chi connectivity index (χ1) is 14.9. The van der Waals surface area contributed by atoms with Crippen LogP contribution in [-0.4, -0.2) is 30.6 Å². The van der Waals surface area contributed by atoms with Gasteiger partial charge >= 0.3 is 0 Å². The van der Waals surface area contributed by atoms with E-state index in [4.69, 9.17) is 4.98 Å². The van der Waals surface area contributed by atoms with Crippen LogP contribution in [-0.2, 0) is 0 Å². The number of rotatable bonds is 3. The summed E-state index contributed by atoms with van der Waals surface area (Å²) in [4.78, 5) is 21.1. The van der Waals surface area contributed by atoms with Crippen molar-refractivity contribution >= 4 is 22.3 Å². The summed E-state index contributed by atoms with van der Waals surface area (Å²) in [6.45, 7) is 0. The molecule has 0 amide bonds. The maximum absolute atomic E-state index is 4.91. The Bertz CT molecular complexity index is 1330. The first-order valence-electron chi connectivity index (χ1n) is 9.76. The fourth-order valence-corrected chi connectivity index (χ4v) is 4.05. The number of aromatic amines is 1. The first kappa shape index (κ1) is 16.8. The zero-order valence-electron chi connectivity index (χ0n) is 15.9. The van der Waals surface area contributed by atoms with Crippen LogP contribution in [0.4, 0.5) is 0 Å². The van der Waals surface area contributed by atoms with Gasteiger partial charge in [-0.25, -0.2) is 4.98 Å². The third-order valence-corrected chi connectivity index (χ3v) is 5.56. The molecule has 7 nitrogen and oxygen atoms in total. The number of nitrogens with zero attached hydrogens (tertiary/aromatic N) is 5. The van der Waals surface area contributed by atoms with Gasteiger partial charge in [-0.05, 0) is 47.4 Å². The van der Waals surface area contributed by atoms with Gasteiger partial charge in [0.15, 0.2) is 5.82 Å². The second-order valence-corrected chi connectivity index (χ2v) is 7.33. The molecule has 1 aliphatic carbocycles. The Balaban J connectivity index is 1.38. The van der Waals surface area contributed by atoms with Gasteiger partial charge < -0.3 is 4.98 Å². The minimum atomic E-state index is 0.128. The molecule has 1 unspecified atom stereocenters. The van der Waals surface area contributed by atoms with Crippen molar-refractivity contribution in [2.24, 2.45) is 11.0 Å². The summed E-state index contributed by atoms with van der Waals surface area (Å²) in [7, 11) is 0. The second kappa shape index (κ2) is 6.73. The first-order valence-corrected chi connectivity index (χ1v) is 9.76. The van der Waals surface area contributed by atoms with E-state index in [0.29, 0.717) is 0 Å². The third-order valence-electron chi connectivity index (χ3n) is 5.56. The van der Waals surface area contributed by atoms with Crippen LogP contribution in [0.15, 0.2) is 84.4 Å². The number of hydrazone groups is 1. The number of H-pyrrole nitrogens is 1. The van der Waals surface area contributed by atoms with Crippen LogP contribution in [0.25, 0.3) is 27.7 Å². The molecule has 0 spiro atoms. The summed E-state index contributed by atoms with van der Waals surface area (Å²) < 4.78 is 0. The number of aromatic nitrogens is 5. The Labute approximate surface area is 172 Å². The lowest BCUT2D eigenvalue weighted by molar-refractivity contribution is 0.775. The molecule has 0 bridgehead atoms. The molecule has 144 valence electrons. The average Bonchev–Trinajstić information content (AvgIpc) is 3.43. The molecule has 4 aromatic heterocycles. The molecule has 30 heavy (non-hydrogen) atoms. The molecule has 0 radical (unpaired) electrons. The Morgan fingerprint density at radius 3 is 2.67 bits per heavy atom. The van der Waals surface area contributed by atoms with Crippen LogP contribution >= 0.6 is 0 Å². The quantitative estimate of drug-likeness (QED) is 0.555. The number of hydrogen-bond donors (Lipinski definition) is 2. The predicted molar refractivity (Wildman–Crippen MR) is 115 cm³/mol. The van der Waals surface area contributed by atoms with Crippen LogP contribution < -0.4 is 5.43 Å². The molecule has 0 saturated heterocycles. The minimum absolute atomic E-state index is 0.128. The molecule has 4 aromatic rings. The van der Waals surface area contributed by atoms with Crippen molar-refractivity contribution < 1.29 is 0 Å². The van der Waals surface area contributed by atoms with E-state index in [1.807, 2.05) is 30.6 Å². The Kier molecular flexibility index (Phi) is 3.77. The molecule has 0 saturated carbocycles. The lowest BCUT2D eigenvalue weighted by Gasteiger charge is -2.19. The topological polar surface area (TPSA) is 91.7 Å². The van der Waals surface area contributed by atoms with Gasteiger partial charge in [0.1, 0.15) is 5.71 Å². The molecule has 2 aliphatic rings. The van der Waals surface area contributed by atoms with Gasteiger partial charge in [-0.15, -0.1) is 0 Å². The van der Waals surface area contributed by atoms with Gasteiger partial charge in [0.25, 0.3) is 0 Å². The third kappa shape index (κ3) is 2.71. The number of imidazole rings is 1. The van der Waals surface area contributed by atoms with Gasteiger partial charge in [0, 0.05) is 42.2 Å². The standard InChI is InChI=1S/C23H17N7/c1-2-16(11-25-7-1)15-3-4-19-17(10-15)22(30-29-19)23-27-20-13-26-12-18(21(20)28-23)14-5-8-24-9-6-14/h1-9,11-13,17,29H,10H2,(H,27,28). The van der Waals surface area contributed by atoms with E-state index in [2.05, 4.69) is 48.7 Å². The van der Waals surface area contributed by atoms with Crippen LogP contribution in [0.5, 0.6) is 0 Å². The lowest BCUT2D eigenvalue weighted by Crippen LogP contribution is -2.18. The van der Waals surface area contributed by atoms with Gasteiger partial charge in [0.05, 0.1) is 23.1 Å². The monoisotopic (exact) mass is 391 g/mol. The van der Waals surface area contributed by atoms with Crippen molar-refractivity contribution in [3.63, 3.8) is 0 Å². The van der Waals surface area contributed by atoms with Gasteiger partial charge in [0.2, 0.25) is 0 Å². The van der Waals surface area contributed by atoms with E-state index in [9.17, 15) is 0 Å². The lowest BCUT2D eigenvalue weighted by atomic mass is 9.85. The fourth-order valence-electron chi connectivity index (χ4n) is 4.05. The second-order valence-electron chi connectivity index (χ2n) is 7.33. The maximum Gasteiger partial charge on any atom is 0.155 e. The van der Waals surface area contributed by atoms with Gasteiger partial charge in [-0.2, -0.15) is 5.10 Å². The summed E-state index contributed by atoms with van der Waals surface area (Å²) in [5.74, 6) is 0.893. The van der Waals surface area contributed by atoms with Crippen LogP contribution in [0, 0.1) is 5.92 Å². The largest absolute Gasteiger partial charge is 0.336 e. The number of pyridine rings is 3. The van der Waals surface area contributed by atoms with Crippen molar-refractivity contribution in [1.82, 2.24) is 30.3 Å². The number of hydrogen-bond acceptors (Lipinski definition) is 6. The SMILES string of the molecule is C1=C(c2cccnc2)CC2C(=C1)NN=C2c1nc2c(-c3ccncc3)cncc2[nH]1. The number of nitrogens with one attached hydrogen (secondary N) is 2. The highest BCUT2D eigenvalue weighted by molar-refractivity contribution is 6.06. The smallest absolute Gasteiger partial charge is 0.155 e. The van der Waals surface area contributed by atoms with Crippen molar-refractivity contribution in [1.29, 1.82) is 0 Å². The summed E-state index contributed by atoms with van der Waals surface area (Å²) in [6, 6.07) is 7.98. The normalized spacial score (nSPS) is 17.7. The number of allylic oxidation sites excluding steroid dienone is 4. The van der Waals surface area contributed by atoms with E-state index in [-0.39, 0.29) is 5.92 Å². The molecule has 6 rings (SSSR count). The highest BCUT2D eigenvalue weighted by Crippen LogP contribution is 2.35. The molecule has 1 aliphatic heterocycles. The molecule has 0 fully saturated rings. The summed E-state index contributed by atoms with van der Waals surface area (Å²) >= 11 is 0. The molecular weight excluding hydrogens is 374 g/mol. The van der Waals surface area contributed by atoms with Gasteiger partial charge in [-0.1, -0.05) is 12.1 Å². The molecule has 5 heterocycles. The Morgan fingerprint density at radius 1 is 0.867 bits per heavy atom. The van der Waals surface area contributed by atoms with Crippen molar-refractivity contribution in [2.75, 3.05) is 0 Å². The van der Waals surface area contributed by atoms with E-state index in [1.54, 1.807) is 24.8 Å². The average molecular weight is 391 g/mol. The highest BCUT2D eigenvalue weighted by Gasteiger charge is 2.32. The van der Waals surface area contributed by atoms with Crippen molar-refractivity contribution in [3.05, 3.63) is 90.7 Å². The minimum Gasteiger partial charge on any atom is -0.336 e. The fraction of sp³-hybridized carbons (Fsp3) is 0.0870. The summed E-state index contributed by atoms with van der Waals surface area (Å²) in [5, 5.41) is 4.60. The van der Waals surface area contributed by atoms with Crippen molar-refractivity contribution in [3.8, 4) is 11.1 Å². The Morgan fingerprint density at radius 2 is 1.80 bits per heavy atom. The zero-order valence-corrected chi connectivity index (χ0v) is 15.9. The maximum atomic E-state index is 4.91.